The average molecular weight is 338 g/mol. The molecule has 2 aromatic carbocycles. The minimum absolute atomic E-state index is 0.0296. The smallest absolute Gasteiger partial charge is 0.252 e. The van der Waals surface area contributed by atoms with Crippen LogP contribution in [0.3, 0.4) is 0 Å². The lowest BCUT2D eigenvalue weighted by Gasteiger charge is -2.23. The third-order valence-corrected chi connectivity index (χ3v) is 4.28. The Labute approximate surface area is 149 Å². The topological polar surface area (TPSA) is 58.2 Å². The second-order valence-electron chi connectivity index (χ2n) is 6.82. The third kappa shape index (κ3) is 4.69. The van der Waals surface area contributed by atoms with Crippen LogP contribution in [0.5, 0.6) is 0 Å². The lowest BCUT2D eigenvalue weighted by atomic mass is 10.0. The van der Waals surface area contributed by atoms with E-state index in [-0.39, 0.29) is 17.7 Å². The largest absolute Gasteiger partial charge is 0.340 e. The highest BCUT2D eigenvalue weighted by molar-refractivity contribution is 6.02. The summed E-state index contributed by atoms with van der Waals surface area (Å²) in [4.78, 5) is 25.3. The lowest BCUT2D eigenvalue weighted by Crippen LogP contribution is -2.47. The molecule has 0 saturated heterocycles. The maximum Gasteiger partial charge on any atom is 0.252 e. The summed E-state index contributed by atoms with van der Waals surface area (Å²) in [7, 11) is 0. The van der Waals surface area contributed by atoms with Gasteiger partial charge in [-0.1, -0.05) is 44.2 Å². The molecule has 2 aromatic rings. The van der Waals surface area contributed by atoms with Crippen LogP contribution in [-0.4, -0.2) is 17.9 Å². The van der Waals surface area contributed by atoms with Gasteiger partial charge >= 0.3 is 0 Å². The number of carbonyl (C=O) groups is 2. The van der Waals surface area contributed by atoms with E-state index in [0.717, 1.165) is 22.4 Å². The first-order valence-electron chi connectivity index (χ1n) is 8.54. The number of rotatable bonds is 5. The van der Waals surface area contributed by atoms with Crippen LogP contribution >= 0.6 is 0 Å². The second kappa shape index (κ2) is 7.97. The predicted molar refractivity (Wildman–Crippen MR) is 102 cm³/mol. The molecular formula is C21H26N2O2. The minimum Gasteiger partial charge on any atom is -0.340 e. The van der Waals surface area contributed by atoms with Crippen molar-refractivity contribution in [3.63, 3.8) is 0 Å². The minimum atomic E-state index is -0.605. The Kier molecular flexibility index (Phi) is 5.97. The van der Waals surface area contributed by atoms with Gasteiger partial charge in [-0.15, -0.1) is 0 Å². The Morgan fingerprint density at radius 1 is 0.920 bits per heavy atom. The van der Waals surface area contributed by atoms with Gasteiger partial charge in [0.1, 0.15) is 6.04 Å². The van der Waals surface area contributed by atoms with Gasteiger partial charge in [0.25, 0.3) is 5.91 Å². The number of hydrogen-bond donors (Lipinski definition) is 2. The molecule has 2 N–H and O–H groups in total. The van der Waals surface area contributed by atoms with Gasteiger partial charge < -0.3 is 10.6 Å². The first-order valence-corrected chi connectivity index (χ1v) is 8.54. The molecule has 0 fully saturated rings. The molecule has 2 rings (SSSR count). The predicted octanol–water partition coefficient (Wildman–Crippen LogP) is 4.00. The van der Waals surface area contributed by atoms with Crippen molar-refractivity contribution in [1.29, 1.82) is 0 Å². The Balaban J connectivity index is 2.17. The van der Waals surface area contributed by atoms with E-state index in [9.17, 15) is 9.59 Å². The quantitative estimate of drug-likeness (QED) is 0.865. The average Bonchev–Trinajstić information content (AvgIpc) is 2.55. The first-order chi connectivity index (χ1) is 11.8. The molecule has 0 aromatic heterocycles. The number of amides is 2. The summed E-state index contributed by atoms with van der Waals surface area (Å²) in [6, 6.07) is 12.7. The normalized spacial score (nSPS) is 11.9. The van der Waals surface area contributed by atoms with Crippen LogP contribution in [0, 0.1) is 26.7 Å². The zero-order chi connectivity index (χ0) is 18.6. The van der Waals surface area contributed by atoms with E-state index in [2.05, 4.69) is 10.6 Å². The van der Waals surface area contributed by atoms with Gasteiger partial charge in [-0.25, -0.2) is 0 Å². The molecule has 0 aliphatic rings. The number of anilines is 1. The Bertz CT molecular complexity index is 781. The summed E-state index contributed by atoms with van der Waals surface area (Å²) >= 11 is 0. The third-order valence-electron chi connectivity index (χ3n) is 4.28. The first kappa shape index (κ1) is 18.7. The summed E-state index contributed by atoms with van der Waals surface area (Å²) in [5.41, 5.74) is 4.32. The van der Waals surface area contributed by atoms with Gasteiger partial charge in [0.05, 0.1) is 0 Å². The SMILES string of the molecule is Cc1ccc(C)c(NC(=O)[C@@H](NC(=O)c2ccccc2C)C(C)C)c1. The van der Waals surface area contributed by atoms with Gasteiger partial charge in [0.15, 0.2) is 0 Å². The molecule has 0 unspecified atom stereocenters. The fourth-order valence-corrected chi connectivity index (χ4v) is 2.66. The number of nitrogens with one attached hydrogen (secondary N) is 2. The Hall–Kier alpha value is -2.62. The van der Waals surface area contributed by atoms with Crippen molar-refractivity contribution in [2.45, 2.75) is 40.7 Å². The van der Waals surface area contributed by atoms with Crippen LogP contribution in [0.25, 0.3) is 0 Å². The van der Waals surface area contributed by atoms with E-state index in [4.69, 9.17) is 0 Å². The van der Waals surface area contributed by atoms with Gasteiger partial charge in [0, 0.05) is 11.3 Å². The molecule has 4 heteroatoms. The van der Waals surface area contributed by atoms with Crippen molar-refractivity contribution in [3.8, 4) is 0 Å². The van der Waals surface area contributed by atoms with Crippen LogP contribution in [0.2, 0.25) is 0 Å². The second-order valence-corrected chi connectivity index (χ2v) is 6.82. The van der Waals surface area contributed by atoms with Crippen molar-refractivity contribution < 1.29 is 9.59 Å². The van der Waals surface area contributed by atoms with Crippen LogP contribution in [0.4, 0.5) is 5.69 Å². The Morgan fingerprint density at radius 3 is 2.24 bits per heavy atom. The van der Waals surface area contributed by atoms with E-state index < -0.39 is 6.04 Å². The molecular weight excluding hydrogens is 312 g/mol. The van der Waals surface area contributed by atoms with E-state index in [1.54, 1.807) is 6.07 Å². The van der Waals surface area contributed by atoms with Crippen LogP contribution in [-0.2, 0) is 4.79 Å². The molecule has 1 atom stereocenters. The maximum absolute atomic E-state index is 12.7. The summed E-state index contributed by atoms with van der Waals surface area (Å²) in [6.07, 6.45) is 0. The van der Waals surface area contributed by atoms with Crippen molar-refractivity contribution in [2.24, 2.45) is 5.92 Å². The molecule has 0 heterocycles. The molecule has 25 heavy (non-hydrogen) atoms. The van der Waals surface area contributed by atoms with Crippen molar-refractivity contribution >= 4 is 17.5 Å². The number of benzene rings is 2. The van der Waals surface area contributed by atoms with Crippen molar-refractivity contribution in [2.75, 3.05) is 5.32 Å². The fourth-order valence-electron chi connectivity index (χ4n) is 2.66. The van der Waals surface area contributed by atoms with Crippen LogP contribution in [0.1, 0.15) is 40.9 Å². The van der Waals surface area contributed by atoms with Gasteiger partial charge in [0.2, 0.25) is 5.91 Å². The van der Waals surface area contributed by atoms with Gasteiger partial charge in [-0.2, -0.15) is 0 Å². The Morgan fingerprint density at radius 2 is 1.60 bits per heavy atom. The number of aryl methyl sites for hydroxylation is 3. The molecule has 2 amide bonds. The highest BCUT2D eigenvalue weighted by Crippen LogP contribution is 2.18. The van der Waals surface area contributed by atoms with E-state index in [0.29, 0.717) is 5.56 Å². The zero-order valence-electron chi connectivity index (χ0n) is 15.5. The summed E-state index contributed by atoms with van der Waals surface area (Å²) < 4.78 is 0. The standard InChI is InChI=1S/C21H26N2O2/c1-13(2)19(23-20(24)17-9-7-6-8-15(17)4)21(25)22-18-12-14(3)10-11-16(18)5/h6-13,19H,1-5H3,(H,22,25)(H,23,24)/t19-/m0/s1. The monoisotopic (exact) mass is 338 g/mol. The van der Waals surface area contributed by atoms with E-state index in [1.807, 2.05) is 71.0 Å². The van der Waals surface area contributed by atoms with Gasteiger partial charge in [-0.3, -0.25) is 9.59 Å². The molecule has 0 bridgehead atoms. The summed E-state index contributed by atoms with van der Waals surface area (Å²) in [6.45, 7) is 9.66. The van der Waals surface area contributed by atoms with Crippen LogP contribution in [0.15, 0.2) is 42.5 Å². The number of hydrogen-bond acceptors (Lipinski definition) is 2. The summed E-state index contributed by atoms with van der Waals surface area (Å²) in [5, 5.41) is 5.83. The molecule has 0 aliphatic carbocycles. The fraction of sp³-hybridized carbons (Fsp3) is 0.333. The van der Waals surface area contributed by atoms with Crippen molar-refractivity contribution in [1.82, 2.24) is 5.32 Å². The summed E-state index contributed by atoms with van der Waals surface area (Å²) in [5.74, 6) is -0.461. The van der Waals surface area contributed by atoms with Gasteiger partial charge in [-0.05, 0) is 55.5 Å². The molecule has 0 aliphatic heterocycles. The molecule has 0 spiro atoms. The molecule has 0 saturated carbocycles. The van der Waals surface area contributed by atoms with E-state index in [1.165, 1.54) is 0 Å². The van der Waals surface area contributed by atoms with E-state index >= 15 is 0 Å². The zero-order valence-corrected chi connectivity index (χ0v) is 15.5. The number of carbonyl (C=O) groups excluding carboxylic acids is 2. The lowest BCUT2D eigenvalue weighted by molar-refractivity contribution is -0.118. The molecule has 4 nitrogen and oxygen atoms in total. The highest BCUT2D eigenvalue weighted by atomic mass is 16.2. The van der Waals surface area contributed by atoms with Crippen LogP contribution < -0.4 is 10.6 Å². The maximum atomic E-state index is 12.7. The van der Waals surface area contributed by atoms with Crippen molar-refractivity contribution in [3.05, 3.63) is 64.7 Å². The highest BCUT2D eigenvalue weighted by Gasteiger charge is 2.25. The molecule has 0 radical (unpaired) electrons. The molecule has 132 valence electrons.